The summed E-state index contributed by atoms with van der Waals surface area (Å²) < 4.78 is 0. The smallest absolute Gasteiger partial charge is 0.226 e. The third-order valence-corrected chi connectivity index (χ3v) is 7.50. The quantitative estimate of drug-likeness (QED) is 0.798. The molecule has 3 fully saturated rings. The van der Waals surface area contributed by atoms with Crippen LogP contribution in [-0.4, -0.2) is 36.5 Å². The average Bonchev–Trinajstić information content (AvgIpc) is 3.38. The lowest BCUT2D eigenvalue weighted by atomic mass is 9.67. The van der Waals surface area contributed by atoms with E-state index in [2.05, 4.69) is 40.5 Å². The van der Waals surface area contributed by atoms with Crippen LogP contribution in [0.25, 0.3) is 0 Å². The zero-order valence-electron chi connectivity index (χ0n) is 16.8. The van der Waals surface area contributed by atoms with Gasteiger partial charge in [0.05, 0.1) is 5.41 Å². The fraction of sp³-hybridized carbons (Fsp3) is 0.708. The van der Waals surface area contributed by atoms with Gasteiger partial charge in [0.1, 0.15) is 0 Å². The van der Waals surface area contributed by atoms with Gasteiger partial charge in [-0.15, -0.1) is 0 Å². The number of carbonyl (C=O) groups is 1. The maximum absolute atomic E-state index is 13.4. The number of hydrogen-bond acceptors (Lipinski definition) is 2. The minimum Gasteiger partial charge on any atom is -0.352 e. The van der Waals surface area contributed by atoms with Crippen LogP contribution in [0.1, 0.15) is 69.8 Å². The maximum Gasteiger partial charge on any atom is 0.226 e. The monoisotopic (exact) mass is 368 g/mol. The number of nitrogens with zero attached hydrogens (tertiary/aromatic N) is 1. The summed E-state index contributed by atoms with van der Waals surface area (Å²) in [5, 5.41) is 3.51. The van der Waals surface area contributed by atoms with Crippen LogP contribution in [0.15, 0.2) is 30.3 Å². The van der Waals surface area contributed by atoms with Crippen LogP contribution < -0.4 is 5.32 Å². The predicted molar refractivity (Wildman–Crippen MR) is 111 cm³/mol. The lowest BCUT2D eigenvalue weighted by Crippen LogP contribution is -2.49. The number of benzene rings is 1. The molecule has 1 heterocycles. The van der Waals surface area contributed by atoms with Crippen molar-refractivity contribution in [1.29, 1.82) is 0 Å². The first-order valence-electron chi connectivity index (χ1n) is 11.3. The second-order valence-electron chi connectivity index (χ2n) is 9.19. The molecule has 2 aliphatic carbocycles. The van der Waals surface area contributed by atoms with Gasteiger partial charge in [-0.05, 0) is 50.0 Å². The molecule has 1 atom stereocenters. The summed E-state index contributed by atoms with van der Waals surface area (Å²) in [4.78, 5) is 15.9. The Morgan fingerprint density at radius 1 is 1.00 bits per heavy atom. The van der Waals surface area contributed by atoms with Gasteiger partial charge in [-0.3, -0.25) is 4.79 Å². The number of nitrogens with one attached hydrogen (secondary N) is 1. The Morgan fingerprint density at radius 3 is 2.48 bits per heavy atom. The van der Waals surface area contributed by atoms with E-state index in [-0.39, 0.29) is 5.41 Å². The van der Waals surface area contributed by atoms with E-state index < -0.39 is 0 Å². The van der Waals surface area contributed by atoms with Gasteiger partial charge in [0.2, 0.25) is 5.91 Å². The van der Waals surface area contributed by atoms with Crippen molar-refractivity contribution in [3.63, 3.8) is 0 Å². The van der Waals surface area contributed by atoms with Crippen LogP contribution in [0.3, 0.4) is 0 Å². The van der Waals surface area contributed by atoms with Crippen molar-refractivity contribution in [2.75, 3.05) is 19.6 Å². The van der Waals surface area contributed by atoms with Crippen molar-refractivity contribution in [1.82, 2.24) is 10.2 Å². The molecule has 4 rings (SSSR count). The van der Waals surface area contributed by atoms with Crippen molar-refractivity contribution < 1.29 is 4.79 Å². The highest BCUT2D eigenvalue weighted by atomic mass is 16.2. The Morgan fingerprint density at radius 2 is 1.74 bits per heavy atom. The molecule has 27 heavy (non-hydrogen) atoms. The number of amides is 1. The first-order chi connectivity index (χ1) is 13.3. The fourth-order valence-electron chi connectivity index (χ4n) is 5.90. The highest BCUT2D eigenvalue weighted by Gasteiger charge is 2.47. The number of carbonyl (C=O) groups excluding carboxylic acids is 1. The minimum atomic E-state index is -0.0299. The van der Waals surface area contributed by atoms with Crippen LogP contribution in [-0.2, 0) is 11.2 Å². The summed E-state index contributed by atoms with van der Waals surface area (Å²) in [7, 11) is 0. The molecule has 1 aromatic carbocycles. The van der Waals surface area contributed by atoms with Crippen molar-refractivity contribution in [2.45, 2.75) is 76.7 Å². The van der Waals surface area contributed by atoms with E-state index in [0.717, 1.165) is 45.3 Å². The minimum absolute atomic E-state index is 0.0299. The summed E-state index contributed by atoms with van der Waals surface area (Å²) in [6, 6.07) is 11.1. The summed E-state index contributed by atoms with van der Waals surface area (Å²) in [6.07, 6.45) is 13.6. The van der Waals surface area contributed by atoms with E-state index in [9.17, 15) is 4.79 Å². The Kier molecular flexibility index (Phi) is 6.17. The normalized spacial score (nSPS) is 26.3. The third-order valence-electron chi connectivity index (χ3n) is 7.50. The fourth-order valence-corrected chi connectivity index (χ4v) is 5.90. The molecule has 0 aromatic heterocycles. The van der Waals surface area contributed by atoms with E-state index in [1.807, 2.05) is 0 Å². The van der Waals surface area contributed by atoms with Gasteiger partial charge in [0.25, 0.3) is 0 Å². The average molecular weight is 369 g/mol. The van der Waals surface area contributed by atoms with Crippen molar-refractivity contribution in [3.8, 4) is 0 Å². The number of hydrogen-bond donors (Lipinski definition) is 1. The van der Waals surface area contributed by atoms with Crippen LogP contribution >= 0.6 is 0 Å². The summed E-state index contributed by atoms with van der Waals surface area (Å²) in [5.74, 6) is 1.05. The molecule has 1 N–H and O–H groups in total. The Hall–Kier alpha value is -1.35. The molecule has 0 radical (unpaired) electrons. The molecule has 1 aliphatic heterocycles. The first kappa shape index (κ1) is 19.0. The molecule has 1 amide bonds. The molecule has 3 aliphatic rings. The van der Waals surface area contributed by atoms with E-state index in [1.165, 1.54) is 50.5 Å². The van der Waals surface area contributed by atoms with Gasteiger partial charge in [-0.25, -0.2) is 0 Å². The molecule has 3 heteroatoms. The van der Waals surface area contributed by atoms with E-state index >= 15 is 0 Å². The lowest BCUT2D eigenvalue weighted by Gasteiger charge is -2.39. The highest BCUT2D eigenvalue weighted by Crippen LogP contribution is 2.50. The molecular weight excluding hydrogens is 332 g/mol. The number of likely N-dealkylation sites (tertiary alicyclic amines) is 1. The van der Waals surface area contributed by atoms with E-state index in [1.54, 1.807) is 0 Å². The summed E-state index contributed by atoms with van der Waals surface area (Å²) in [5.41, 5.74) is 1.38. The summed E-state index contributed by atoms with van der Waals surface area (Å²) in [6.45, 7) is 3.25. The predicted octanol–water partition coefficient (Wildman–Crippen LogP) is 4.56. The van der Waals surface area contributed by atoms with Gasteiger partial charge in [0, 0.05) is 25.7 Å². The second-order valence-corrected chi connectivity index (χ2v) is 9.19. The maximum atomic E-state index is 13.4. The largest absolute Gasteiger partial charge is 0.352 e. The van der Waals surface area contributed by atoms with Crippen molar-refractivity contribution in [3.05, 3.63) is 35.9 Å². The first-order valence-corrected chi connectivity index (χ1v) is 11.3. The lowest BCUT2D eigenvalue weighted by molar-refractivity contribution is -0.135. The molecule has 148 valence electrons. The summed E-state index contributed by atoms with van der Waals surface area (Å²) >= 11 is 0. The van der Waals surface area contributed by atoms with Crippen LogP contribution in [0.4, 0.5) is 0 Å². The third kappa shape index (κ3) is 4.39. The molecule has 1 aromatic rings. The molecule has 1 unspecified atom stereocenters. The zero-order valence-corrected chi connectivity index (χ0v) is 16.8. The molecule has 0 spiro atoms. The Labute approximate surface area is 164 Å². The zero-order chi connectivity index (χ0) is 18.5. The number of rotatable bonds is 6. The molecule has 0 bridgehead atoms. The van der Waals surface area contributed by atoms with Crippen molar-refractivity contribution >= 4 is 5.91 Å². The molecular formula is C24H36N2O. The van der Waals surface area contributed by atoms with Crippen LogP contribution in [0.5, 0.6) is 0 Å². The van der Waals surface area contributed by atoms with Gasteiger partial charge >= 0.3 is 0 Å². The van der Waals surface area contributed by atoms with Crippen LogP contribution in [0, 0.1) is 11.3 Å². The SMILES string of the molecule is O=C(NC1CCN(CCc2ccccc2)C1)C1(C2CCCCC2)CCCC1. The van der Waals surface area contributed by atoms with Gasteiger partial charge in [0.15, 0.2) is 0 Å². The molecule has 1 saturated heterocycles. The van der Waals surface area contributed by atoms with Gasteiger partial charge in [-0.1, -0.05) is 62.4 Å². The Bertz CT molecular complexity index is 602. The highest BCUT2D eigenvalue weighted by molar-refractivity contribution is 5.83. The second kappa shape index (κ2) is 8.77. The van der Waals surface area contributed by atoms with Gasteiger partial charge < -0.3 is 10.2 Å². The molecule has 2 saturated carbocycles. The van der Waals surface area contributed by atoms with Crippen molar-refractivity contribution in [2.24, 2.45) is 11.3 Å². The van der Waals surface area contributed by atoms with Crippen LogP contribution in [0.2, 0.25) is 0 Å². The van der Waals surface area contributed by atoms with E-state index in [0.29, 0.717) is 17.9 Å². The Balaban J connectivity index is 1.30. The molecule has 3 nitrogen and oxygen atoms in total. The standard InChI is InChI=1S/C24H36N2O/c27-23(24(15-7-8-16-24)21-11-5-2-6-12-21)25-22-14-18-26(19-22)17-13-20-9-3-1-4-10-20/h1,3-4,9-10,21-22H,2,5-8,11-19H2,(H,25,27). The van der Waals surface area contributed by atoms with Gasteiger partial charge in [-0.2, -0.15) is 0 Å². The van der Waals surface area contributed by atoms with E-state index in [4.69, 9.17) is 0 Å². The topological polar surface area (TPSA) is 32.3 Å².